The predicted octanol–water partition coefficient (Wildman–Crippen LogP) is 3.86. The summed E-state index contributed by atoms with van der Waals surface area (Å²) >= 11 is 0. The minimum Gasteiger partial charge on any atom is -0.349 e. The van der Waals surface area contributed by atoms with E-state index >= 15 is 0 Å². The summed E-state index contributed by atoms with van der Waals surface area (Å²) in [5.41, 5.74) is 1.55. The summed E-state index contributed by atoms with van der Waals surface area (Å²) in [7, 11) is -3.69. The third kappa shape index (κ3) is 4.25. The molecule has 1 fully saturated rings. The molecule has 0 spiro atoms. The van der Waals surface area contributed by atoms with Crippen LogP contribution < -0.4 is 10.0 Å². The first-order chi connectivity index (χ1) is 12.5. The molecule has 1 amide bonds. The van der Waals surface area contributed by atoms with E-state index in [9.17, 15) is 13.2 Å². The van der Waals surface area contributed by atoms with Crippen LogP contribution in [0.4, 0.5) is 5.69 Å². The first-order valence-corrected chi connectivity index (χ1v) is 10.4. The quantitative estimate of drug-likeness (QED) is 0.837. The SMILES string of the molecule is Cc1c(NS(=O)(=O)c2ccccc2)cccc1C(=O)NC1CCCCC1. The topological polar surface area (TPSA) is 75.3 Å². The predicted molar refractivity (Wildman–Crippen MR) is 103 cm³/mol. The zero-order chi connectivity index (χ0) is 18.6. The van der Waals surface area contributed by atoms with E-state index < -0.39 is 10.0 Å². The number of hydrogen-bond acceptors (Lipinski definition) is 3. The molecule has 6 heteroatoms. The van der Waals surface area contributed by atoms with Gasteiger partial charge in [0.05, 0.1) is 10.6 Å². The summed E-state index contributed by atoms with van der Waals surface area (Å²) in [6, 6.07) is 13.5. The van der Waals surface area contributed by atoms with Crippen molar-refractivity contribution in [1.82, 2.24) is 5.32 Å². The van der Waals surface area contributed by atoms with Crippen LogP contribution in [0, 0.1) is 6.92 Å². The standard InChI is InChI=1S/C20H24N2O3S/c1-15-18(20(23)21-16-9-4-2-5-10-16)13-8-14-19(15)22-26(24,25)17-11-6-3-7-12-17/h3,6-8,11-14,16,22H,2,4-5,9-10H2,1H3,(H,21,23). The van der Waals surface area contributed by atoms with E-state index in [-0.39, 0.29) is 16.8 Å². The van der Waals surface area contributed by atoms with Crippen LogP contribution in [-0.2, 0) is 10.0 Å². The molecule has 2 aromatic rings. The fourth-order valence-electron chi connectivity index (χ4n) is 3.31. The van der Waals surface area contributed by atoms with Gasteiger partial charge in [0.25, 0.3) is 15.9 Å². The number of sulfonamides is 1. The molecule has 0 aliphatic heterocycles. The normalized spacial score (nSPS) is 15.4. The first-order valence-electron chi connectivity index (χ1n) is 8.96. The highest BCUT2D eigenvalue weighted by Gasteiger charge is 2.20. The lowest BCUT2D eigenvalue weighted by Gasteiger charge is -2.23. The van der Waals surface area contributed by atoms with E-state index in [2.05, 4.69) is 10.0 Å². The number of nitrogens with one attached hydrogen (secondary N) is 2. The zero-order valence-electron chi connectivity index (χ0n) is 14.9. The molecule has 0 unspecified atom stereocenters. The number of hydrogen-bond donors (Lipinski definition) is 2. The number of amides is 1. The molecule has 0 saturated heterocycles. The van der Waals surface area contributed by atoms with Gasteiger partial charge in [-0.25, -0.2) is 8.42 Å². The fraction of sp³-hybridized carbons (Fsp3) is 0.350. The van der Waals surface area contributed by atoms with Crippen molar-refractivity contribution in [3.8, 4) is 0 Å². The third-order valence-electron chi connectivity index (χ3n) is 4.82. The van der Waals surface area contributed by atoms with Gasteiger partial charge in [-0.05, 0) is 49.6 Å². The average Bonchev–Trinajstić information content (AvgIpc) is 2.65. The van der Waals surface area contributed by atoms with Crippen molar-refractivity contribution >= 4 is 21.6 Å². The van der Waals surface area contributed by atoms with Crippen molar-refractivity contribution < 1.29 is 13.2 Å². The molecular weight excluding hydrogens is 348 g/mol. The van der Waals surface area contributed by atoms with Crippen molar-refractivity contribution in [2.75, 3.05) is 4.72 Å². The monoisotopic (exact) mass is 372 g/mol. The van der Waals surface area contributed by atoms with Crippen LogP contribution in [0.25, 0.3) is 0 Å². The Balaban J connectivity index is 1.79. The number of carbonyl (C=O) groups is 1. The fourth-order valence-corrected chi connectivity index (χ4v) is 4.45. The Morgan fingerprint density at radius 2 is 1.65 bits per heavy atom. The average molecular weight is 372 g/mol. The molecule has 2 aromatic carbocycles. The van der Waals surface area contributed by atoms with Gasteiger partial charge in [-0.1, -0.05) is 43.5 Å². The maximum absolute atomic E-state index is 12.6. The Kier molecular flexibility index (Phi) is 5.61. The Bertz CT molecular complexity index is 873. The van der Waals surface area contributed by atoms with E-state index in [1.807, 2.05) is 0 Å². The molecule has 26 heavy (non-hydrogen) atoms. The highest BCUT2D eigenvalue weighted by molar-refractivity contribution is 7.92. The summed E-state index contributed by atoms with van der Waals surface area (Å²) in [6.07, 6.45) is 5.51. The zero-order valence-corrected chi connectivity index (χ0v) is 15.7. The van der Waals surface area contributed by atoms with Crippen molar-refractivity contribution in [1.29, 1.82) is 0 Å². The molecule has 0 aromatic heterocycles. The van der Waals surface area contributed by atoms with Gasteiger partial charge < -0.3 is 5.32 Å². The molecule has 0 atom stereocenters. The van der Waals surface area contributed by atoms with Crippen LogP contribution in [0.1, 0.15) is 48.0 Å². The van der Waals surface area contributed by atoms with Gasteiger partial charge in [0.2, 0.25) is 0 Å². The first kappa shape index (κ1) is 18.5. The lowest BCUT2D eigenvalue weighted by Crippen LogP contribution is -2.36. The second-order valence-corrected chi connectivity index (χ2v) is 8.39. The lowest BCUT2D eigenvalue weighted by molar-refractivity contribution is 0.0927. The van der Waals surface area contributed by atoms with Crippen molar-refractivity contribution in [3.63, 3.8) is 0 Å². The molecule has 0 heterocycles. The Morgan fingerprint density at radius 1 is 0.962 bits per heavy atom. The van der Waals surface area contributed by atoms with Crippen LogP contribution in [0.5, 0.6) is 0 Å². The summed E-state index contributed by atoms with van der Waals surface area (Å²) < 4.78 is 27.7. The molecule has 2 N–H and O–H groups in total. The highest BCUT2D eigenvalue weighted by atomic mass is 32.2. The van der Waals surface area contributed by atoms with Crippen molar-refractivity contribution in [3.05, 3.63) is 59.7 Å². The largest absolute Gasteiger partial charge is 0.349 e. The van der Waals surface area contributed by atoms with E-state index in [0.29, 0.717) is 16.8 Å². The summed E-state index contributed by atoms with van der Waals surface area (Å²) in [4.78, 5) is 12.8. The van der Waals surface area contributed by atoms with Gasteiger partial charge in [-0.3, -0.25) is 9.52 Å². The number of carbonyl (C=O) groups excluding carboxylic acids is 1. The van der Waals surface area contributed by atoms with Gasteiger partial charge in [0.1, 0.15) is 0 Å². The Hall–Kier alpha value is -2.34. The maximum Gasteiger partial charge on any atom is 0.261 e. The van der Waals surface area contributed by atoms with Crippen molar-refractivity contribution in [2.45, 2.75) is 50.0 Å². The van der Waals surface area contributed by atoms with Gasteiger partial charge >= 0.3 is 0 Å². The minimum atomic E-state index is -3.69. The molecule has 5 nitrogen and oxygen atoms in total. The van der Waals surface area contributed by atoms with Crippen LogP contribution in [0.3, 0.4) is 0 Å². The molecule has 0 radical (unpaired) electrons. The maximum atomic E-state index is 12.6. The Morgan fingerprint density at radius 3 is 2.35 bits per heavy atom. The van der Waals surface area contributed by atoms with Crippen LogP contribution in [0.2, 0.25) is 0 Å². The van der Waals surface area contributed by atoms with Crippen molar-refractivity contribution in [2.24, 2.45) is 0 Å². The third-order valence-corrected chi connectivity index (χ3v) is 6.20. The lowest BCUT2D eigenvalue weighted by atomic mass is 9.95. The van der Waals surface area contributed by atoms with E-state index in [1.165, 1.54) is 18.6 Å². The molecule has 3 rings (SSSR count). The molecule has 1 aliphatic carbocycles. The highest BCUT2D eigenvalue weighted by Crippen LogP contribution is 2.24. The molecule has 138 valence electrons. The summed E-state index contributed by atoms with van der Waals surface area (Å²) in [5, 5.41) is 3.08. The van der Waals surface area contributed by atoms with Gasteiger partial charge in [0, 0.05) is 11.6 Å². The second-order valence-electron chi connectivity index (χ2n) is 6.71. The summed E-state index contributed by atoms with van der Waals surface area (Å²) in [6.45, 7) is 1.76. The Labute approximate surface area is 154 Å². The van der Waals surface area contributed by atoms with E-state index in [4.69, 9.17) is 0 Å². The van der Waals surface area contributed by atoms with E-state index in [1.54, 1.807) is 43.3 Å². The molecular formula is C20H24N2O3S. The minimum absolute atomic E-state index is 0.143. The van der Waals surface area contributed by atoms with E-state index in [0.717, 1.165) is 25.7 Å². The van der Waals surface area contributed by atoms with Gasteiger partial charge in [-0.2, -0.15) is 0 Å². The molecule has 0 bridgehead atoms. The second kappa shape index (κ2) is 7.91. The smallest absolute Gasteiger partial charge is 0.261 e. The van der Waals surface area contributed by atoms with Crippen LogP contribution in [0.15, 0.2) is 53.4 Å². The van der Waals surface area contributed by atoms with Gasteiger partial charge in [0.15, 0.2) is 0 Å². The number of rotatable bonds is 5. The molecule has 1 aliphatic rings. The number of benzene rings is 2. The summed E-state index contributed by atoms with van der Waals surface area (Å²) in [5.74, 6) is -0.143. The molecule has 1 saturated carbocycles. The van der Waals surface area contributed by atoms with Crippen LogP contribution >= 0.6 is 0 Å². The number of anilines is 1. The van der Waals surface area contributed by atoms with Crippen LogP contribution in [-0.4, -0.2) is 20.4 Å². The van der Waals surface area contributed by atoms with Gasteiger partial charge in [-0.15, -0.1) is 0 Å².